The summed E-state index contributed by atoms with van der Waals surface area (Å²) in [5.41, 5.74) is 0.357. The summed E-state index contributed by atoms with van der Waals surface area (Å²) in [6.07, 6.45) is 1.40. The molecule has 0 saturated carbocycles. The summed E-state index contributed by atoms with van der Waals surface area (Å²) < 4.78 is 12.2. The predicted octanol–water partition coefficient (Wildman–Crippen LogP) is 1.28. The molecule has 0 aliphatic rings. The Bertz CT molecular complexity index is 755. The van der Waals surface area contributed by atoms with E-state index in [4.69, 9.17) is 9.47 Å². The molecular formula is C16H20BrN3O4. The maximum atomic E-state index is 12.5. The van der Waals surface area contributed by atoms with Crippen LogP contribution < -0.4 is 5.56 Å². The molecule has 0 aliphatic carbocycles. The number of aromatic nitrogens is 2. The predicted molar refractivity (Wildman–Crippen MR) is 94.0 cm³/mol. The number of methoxy groups -OCH3 is 2. The average Bonchev–Trinajstić information content (AvgIpc) is 2.58. The van der Waals surface area contributed by atoms with Gasteiger partial charge in [0.15, 0.2) is 0 Å². The standard InChI is InChI=1S/C16H20BrN3O4/c1-23-7-5-19(6-8-24-2)15(21)10-20-11-18-14-4-3-12(17)9-13(14)16(20)22/h3-4,9,11H,5-8,10H2,1-2H3. The van der Waals surface area contributed by atoms with Gasteiger partial charge < -0.3 is 14.4 Å². The van der Waals surface area contributed by atoms with Crippen LogP contribution in [0.4, 0.5) is 0 Å². The van der Waals surface area contributed by atoms with Crippen LogP contribution >= 0.6 is 15.9 Å². The van der Waals surface area contributed by atoms with E-state index in [9.17, 15) is 9.59 Å². The number of nitrogens with zero attached hydrogens (tertiary/aromatic N) is 3. The number of fused-ring (bicyclic) bond motifs is 1. The number of ether oxygens (including phenoxy) is 2. The molecule has 2 rings (SSSR count). The van der Waals surface area contributed by atoms with Crippen LogP contribution in [0.2, 0.25) is 0 Å². The van der Waals surface area contributed by atoms with Crippen molar-refractivity contribution in [2.24, 2.45) is 0 Å². The fourth-order valence-corrected chi connectivity index (χ4v) is 2.61. The van der Waals surface area contributed by atoms with Gasteiger partial charge in [-0.3, -0.25) is 14.2 Å². The first-order valence-corrected chi connectivity index (χ1v) is 8.26. The van der Waals surface area contributed by atoms with Crippen LogP contribution in [0.1, 0.15) is 0 Å². The summed E-state index contributed by atoms with van der Waals surface area (Å²) in [5.74, 6) is -0.178. The Kier molecular flexibility index (Phi) is 6.89. The lowest BCUT2D eigenvalue weighted by atomic mass is 10.2. The molecule has 24 heavy (non-hydrogen) atoms. The van der Waals surface area contributed by atoms with E-state index < -0.39 is 0 Å². The topological polar surface area (TPSA) is 73.7 Å². The minimum Gasteiger partial charge on any atom is -0.383 e. The molecule has 0 atom stereocenters. The van der Waals surface area contributed by atoms with Crippen LogP contribution in [-0.4, -0.2) is 60.9 Å². The first kappa shape index (κ1) is 18.6. The van der Waals surface area contributed by atoms with Crippen molar-refractivity contribution in [3.8, 4) is 0 Å². The Labute approximate surface area is 148 Å². The molecule has 0 unspecified atom stereocenters. The molecule has 0 bridgehead atoms. The fraction of sp³-hybridized carbons (Fsp3) is 0.438. The molecular weight excluding hydrogens is 378 g/mol. The van der Waals surface area contributed by atoms with Gasteiger partial charge in [-0.1, -0.05) is 15.9 Å². The maximum Gasteiger partial charge on any atom is 0.261 e. The molecule has 2 aromatic rings. The summed E-state index contributed by atoms with van der Waals surface area (Å²) in [6.45, 7) is 1.67. The fourth-order valence-electron chi connectivity index (χ4n) is 2.25. The van der Waals surface area contributed by atoms with Crippen LogP contribution in [0.3, 0.4) is 0 Å². The van der Waals surface area contributed by atoms with E-state index in [2.05, 4.69) is 20.9 Å². The normalized spacial score (nSPS) is 11.0. The summed E-state index contributed by atoms with van der Waals surface area (Å²) in [4.78, 5) is 30.9. The second-order valence-corrected chi connectivity index (χ2v) is 6.12. The molecule has 0 spiro atoms. The van der Waals surface area contributed by atoms with Crippen LogP contribution in [0.25, 0.3) is 10.9 Å². The first-order chi connectivity index (χ1) is 11.6. The molecule has 1 aromatic carbocycles. The lowest BCUT2D eigenvalue weighted by molar-refractivity contribution is -0.133. The third kappa shape index (κ3) is 4.62. The van der Waals surface area contributed by atoms with E-state index in [-0.39, 0.29) is 18.0 Å². The van der Waals surface area contributed by atoms with Crippen molar-refractivity contribution in [1.82, 2.24) is 14.5 Å². The lowest BCUT2D eigenvalue weighted by Crippen LogP contribution is -2.40. The third-order valence-corrected chi connectivity index (χ3v) is 4.07. The number of benzene rings is 1. The van der Waals surface area contributed by atoms with Crippen molar-refractivity contribution in [1.29, 1.82) is 0 Å². The van der Waals surface area contributed by atoms with Gasteiger partial charge in [0.25, 0.3) is 5.56 Å². The van der Waals surface area contributed by atoms with Gasteiger partial charge >= 0.3 is 0 Å². The van der Waals surface area contributed by atoms with Gasteiger partial charge in [0, 0.05) is 31.8 Å². The van der Waals surface area contributed by atoms with Gasteiger partial charge in [-0.15, -0.1) is 0 Å². The number of carbonyl (C=O) groups is 1. The summed E-state index contributed by atoms with van der Waals surface area (Å²) in [7, 11) is 3.16. The highest BCUT2D eigenvalue weighted by Crippen LogP contribution is 2.14. The second kappa shape index (κ2) is 8.91. The number of hydrogen-bond acceptors (Lipinski definition) is 5. The number of rotatable bonds is 8. The van der Waals surface area contributed by atoms with Crippen LogP contribution in [0.5, 0.6) is 0 Å². The molecule has 0 N–H and O–H groups in total. The Hall–Kier alpha value is -1.77. The molecule has 0 aliphatic heterocycles. The van der Waals surface area contributed by atoms with Crippen molar-refractivity contribution in [2.75, 3.05) is 40.5 Å². The average molecular weight is 398 g/mol. The van der Waals surface area contributed by atoms with Crippen molar-refractivity contribution in [3.63, 3.8) is 0 Å². The lowest BCUT2D eigenvalue weighted by Gasteiger charge is -2.22. The number of amides is 1. The van der Waals surface area contributed by atoms with Crippen LogP contribution in [0, 0.1) is 0 Å². The van der Waals surface area contributed by atoms with Gasteiger partial charge in [0.05, 0.1) is 30.4 Å². The summed E-state index contributed by atoms with van der Waals surface area (Å²) in [6, 6.07) is 5.29. The molecule has 1 heterocycles. The van der Waals surface area contributed by atoms with E-state index in [1.54, 1.807) is 31.3 Å². The Morgan fingerprint density at radius 2 is 1.92 bits per heavy atom. The van der Waals surface area contributed by atoms with Crippen molar-refractivity contribution in [2.45, 2.75) is 6.54 Å². The Morgan fingerprint density at radius 1 is 1.25 bits per heavy atom. The number of halogens is 1. The quantitative estimate of drug-likeness (QED) is 0.670. The summed E-state index contributed by atoms with van der Waals surface area (Å²) >= 11 is 3.34. The highest BCUT2D eigenvalue weighted by atomic mass is 79.9. The Morgan fingerprint density at radius 3 is 2.54 bits per heavy atom. The minimum atomic E-state index is -0.243. The second-order valence-electron chi connectivity index (χ2n) is 5.21. The maximum absolute atomic E-state index is 12.5. The number of hydrogen-bond donors (Lipinski definition) is 0. The van der Waals surface area contributed by atoms with E-state index in [1.807, 2.05) is 6.07 Å². The number of carbonyl (C=O) groups excluding carboxylic acids is 1. The highest BCUT2D eigenvalue weighted by molar-refractivity contribution is 9.10. The van der Waals surface area contributed by atoms with Crippen molar-refractivity contribution < 1.29 is 14.3 Å². The highest BCUT2D eigenvalue weighted by Gasteiger charge is 2.15. The molecule has 0 saturated heterocycles. The van der Waals surface area contributed by atoms with Crippen LogP contribution in [-0.2, 0) is 20.8 Å². The van der Waals surface area contributed by atoms with Crippen molar-refractivity contribution >= 4 is 32.7 Å². The smallest absolute Gasteiger partial charge is 0.261 e. The zero-order valence-corrected chi connectivity index (χ0v) is 15.3. The third-order valence-electron chi connectivity index (χ3n) is 3.58. The van der Waals surface area contributed by atoms with Crippen LogP contribution in [0.15, 0.2) is 33.8 Å². The van der Waals surface area contributed by atoms with Gasteiger partial charge in [0.2, 0.25) is 5.91 Å². The van der Waals surface area contributed by atoms with Gasteiger partial charge in [-0.2, -0.15) is 0 Å². The molecule has 8 heteroatoms. The molecule has 0 radical (unpaired) electrons. The molecule has 1 aromatic heterocycles. The molecule has 7 nitrogen and oxygen atoms in total. The zero-order valence-electron chi connectivity index (χ0n) is 13.7. The summed E-state index contributed by atoms with van der Waals surface area (Å²) in [5, 5.41) is 0.472. The van der Waals surface area contributed by atoms with Crippen molar-refractivity contribution in [3.05, 3.63) is 39.4 Å². The van der Waals surface area contributed by atoms with Gasteiger partial charge in [-0.05, 0) is 18.2 Å². The van der Waals surface area contributed by atoms with E-state index in [1.165, 1.54) is 10.9 Å². The van der Waals surface area contributed by atoms with E-state index in [0.29, 0.717) is 37.2 Å². The minimum absolute atomic E-state index is 0.0677. The van der Waals surface area contributed by atoms with Gasteiger partial charge in [-0.25, -0.2) is 4.98 Å². The molecule has 130 valence electrons. The molecule has 0 fully saturated rings. The zero-order chi connectivity index (χ0) is 17.5. The largest absolute Gasteiger partial charge is 0.383 e. The van der Waals surface area contributed by atoms with E-state index in [0.717, 1.165) is 4.47 Å². The van der Waals surface area contributed by atoms with Gasteiger partial charge in [0.1, 0.15) is 6.54 Å². The van der Waals surface area contributed by atoms with E-state index >= 15 is 0 Å². The Balaban J connectivity index is 2.21. The first-order valence-electron chi connectivity index (χ1n) is 7.47. The SMILES string of the molecule is COCCN(CCOC)C(=O)Cn1cnc2ccc(Br)cc2c1=O. The molecule has 1 amide bonds. The monoisotopic (exact) mass is 397 g/mol.